The molecule has 2 aliphatic heterocycles. The molecule has 0 unspecified atom stereocenters. The summed E-state index contributed by atoms with van der Waals surface area (Å²) in [6.07, 6.45) is 1.64. The van der Waals surface area contributed by atoms with Gasteiger partial charge < -0.3 is 21.0 Å². The number of thioether (sulfide) groups is 3. The number of fused-ring (bicyclic) bond motifs is 1. The summed E-state index contributed by atoms with van der Waals surface area (Å²) in [7, 11) is 1.28. The fourth-order valence-electron chi connectivity index (χ4n) is 3.03. The fourth-order valence-corrected chi connectivity index (χ4v) is 7.15. The number of nitrogen functional groups attached to an aromatic ring is 1. The standard InChI is InChI=1S/C16H16N8O5S4.Na.H/c1-29-22-9(6-3-31-16(17)19-6)12(25)20-10-13(26)24-11(15(27)28)7(4-30-14(10)24)32-5-33-8-2-18-23-21-8;;/h2-3,10,14H,4-5H2,1H3,(H2,17,19)(H,20,25)(H,27,28)(H,18,21,23);;/b22-9-;;/t10-,14-;;/m1../s1. The average molecular weight is 553 g/mol. The van der Waals surface area contributed by atoms with Gasteiger partial charge >= 0.3 is 35.5 Å². The van der Waals surface area contributed by atoms with Crippen LogP contribution < -0.4 is 11.1 Å². The molecule has 34 heavy (non-hydrogen) atoms. The van der Waals surface area contributed by atoms with Crippen LogP contribution in [0.3, 0.4) is 0 Å². The Morgan fingerprint density at radius 2 is 2.26 bits per heavy atom. The van der Waals surface area contributed by atoms with Gasteiger partial charge in [-0.1, -0.05) is 22.1 Å². The molecule has 2 atom stereocenters. The van der Waals surface area contributed by atoms with Gasteiger partial charge in [0, 0.05) is 16.0 Å². The molecule has 0 spiro atoms. The van der Waals surface area contributed by atoms with Gasteiger partial charge in [0.1, 0.15) is 34.9 Å². The zero-order valence-corrected chi connectivity index (χ0v) is 20.0. The Morgan fingerprint density at radius 1 is 1.47 bits per heavy atom. The quantitative estimate of drug-likeness (QED) is 0.0797. The molecule has 1 saturated heterocycles. The first kappa shape index (κ1) is 26.8. The molecule has 2 amide bonds. The number of aromatic nitrogens is 4. The molecule has 4 rings (SSSR count). The molecule has 18 heteroatoms. The molecule has 4 heterocycles. The third kappa shape index (κ3) is 5.55. The van der Waals surface area contributed by atoms with Crippen LogP contribution in [-0.4, -0.2) is 113 Å². The number of hydrogen-bond acceptors (Lipinski definition) is 13. The number of amides is 2. The summed E-state index contributed by atoms with van der Waals surface area (Å²) in [5.41, 5.74) is 5.63. The first-order valence-corrected chi connectivity index (χ1v) is 13.0. The van der Waals surface area contributed by atoms with E-state index in [9.17, 15) is 19.5 Å². The monoisotopic (exact) mass is 552 g/mol. The van der Waals surface area contributed by atoms with Crippen LogP contribution in [0.5, 0.6) is 0 Å². The van der Waals surface area contributed by atoms with Gasteiger partial charge in [-0.05, 0) is 0 Å². The summed E-state index contributed by atoms with van der Waals surface area (Å²) in [4.78, 5) is 48.1. The topological polar surface area (TPSA) is 189 Å². The van der Waals surface area contributed by atoms with Crippen molar-refractivity contribution in [2.45, 2.75) is 16.4 Å². The SMILES string of the molecule is CO/N=C(\C(=O)N[C@@H]1C(=O)N2C(C(=O)O)=C(SCSc3c[nH]nn3)CS[C@H]12)c1csc(N)n1.[NaH]. The Labute approximate surface area is 231 Å². The van der Waals surface area contributed by atoms with Crippen molar-refractivity contribution < 1.29 is 24.3 Å². The van der Waals surface area contributed by atoms with Crippen molar-refractivity contribution in [1.29, 1.82) is 0 Å². The molecule has 5 N–H and O–H groups in total. The number of oxime groups is 1. The van der Waals surface area contributed by atoms with Gasteiger partial charge in [-0.25, -0.2) is 9.78 Å². The van der Waals surface area contributed by atoms with E-state index in [0.29, 0.717) is 20.8 Å². The van der Waals surface area contributed by atoms with Crippen LogP contribution in [0.25, 0.3) is 0 Å². The summed E-state index contributed by atoms with van der Waals surface area (Å²) >= 11 is 5.22. The maximum absolute atomic E-state index is 12.8. The van der Waals surface area contributed by atoms with Crippen molar-refractivity contribution in [3.05, 3.63) is 27.9 Å². The van der Waals surface area contributed by atoms with Crippen LogP contribution in [-0.2, 0) is 19.2 Å². The van der Waals surface area contributed by atoms with E-state index < -0.39 is 29.2 Å². The Hall–Kier alpha value is -1.76. The van der Waals surface area contributed by atoms with Gasteiger partial charge in [0.15, 0.2) is 10.8 Å². The van der Waals surface area contributed by atoms with Gasteiger partial charge in [0.25, 0.3) is 11.8 Å². The second-order valence-corrected chi connectivity index (χ2v) is 10.8. The number of β-lactam (4-membered cyclic amide) rings is 1. The minimum absolute atomic E-state index is 0. The van der Waals surface area contributed by atoms with Gasteiger partial charge in [-0.3, -0.25) is 19.6 Å². The zero-order valence-electron chi connectivity index (χ0n) is 16.8. The molecule has 0 saturated carbocycles. The number of thiazole rings is 1. The number of nitrogens with one attached hydrogen (secondary N) is 2. The average Bonchev–Trinajstić information content (AvgIpc) is 3.46. The molecule has 0 aromatic carbocycles. The number of carbonyl (C=O) groups excluding carboxylic acids is 2. The molecule has 2 aliphatic rings. The number of H-pyrrole nitrogens is 1. The van der Waals surface area contributed by atoms with Gasteiger partial charge in [0.05, 0.1) is 11.3 Å². The molecule has 1 fully saturated rings. The second kappa shape index (κ2) is 11.8. The second-order valence-electron chi connectivity index (χ2n) is 6.35. The predicted molar refractivity (Wildman–Crippen MR) is 132 cm³/mol. The molecular weight excluding hydrogens is 535 g/mol. The van der Waals surface area contributed by atoms with Crippen LogP contribution in [0, 0.1) is 0 Å². The number of nitrogens with two attached hydrogens (primary N) is 1. The van der Waals surface area contributed by atoms with Crippen molar-refractivity contribution in [2.75, 3.05) is 23.7 Å². The van der Waals surface area contributed by atoms with Crippen molar-refractivity contribution in [3.63, 3.8) is 0 Å². The predicted octanol–water partition coefficient (Wildman–Crippen LogP) is -0.275. The molecule has 0 aliphatic carbocycles. The Balaban J connectivity index is 0.00000324. The number of carboxylic acids is 1. The Kier molecular flexibility index (Phi) is 9.30. The number of carboxylic acid groups (broad SMARTS) is 1. The van der Waals surface area contributed by atoms with Crippen molar-refractivity contribution >= 4 is 105 Å². The van der Waals surface area contributed by atoms with Crippen LogP contribution in [0.4, 0.5) is 5.13 Å². The molecule has 2 aromatic rings. The van der Waals surface area contributed by atoms with E-state index >= 15 is 0 Å². The van der Waals surface area contributed by atoms with Gasteiger partial charge in [-0.2, -0.15) is 0 Å². The van der Waals surface area contributed by atoms with Gasteiger partial charge in [0.2, 0.25) is 0 Å². The molecule has 176 valence electrons. The summed E-state index contributed by atoms with van der Waals surface area (Å²) in [5, 5.41) is 28.6. The minimum atomic E-state index is -1.20. The van der Waals surface area contributed by atoms with Crippen molar-refractivity contribution in [1.82, 2.24) is 30.6 Å². The number of anilines is 1. The van der Waals surface area contributed by atoms with E-state index in [-0.39, 0.29) is 51.8 Å². The van der Waals surface area contributed by atoms with E-state index in [1.807, 2.05) is 0 Å². The summed E-state index contributed by atoms with van der Waals surface area (Å²) in [6.45, 7) is 0. The normalized spacial score (nSPS) is 19.7. The third-order valence-corrected chi connectivity index (χ3v) is 8.68. The first-order valence-electron chi connectivity index (χ1n) is 9.07. The molecule has 2 aromatic heterocycles. The fraction of sp³-hybridized carbons (Fsp3) is 0.312. The summed E-state index contributed by atoms with van der Waals surface area (Å²) in [5.74, 6) is -2.01. The van der Waals surface area contributed by atoms with E-state index in [1.165, 1.54) is 47.3 Å². The van der Waals surface area contributed by atoms with Crippen molar-refractivity contribution in [2.24, 2.45) is 5.16 Å². The number of nitrogens with zero attached hydrogens (tertiary/aromatic N) is 5. The maximum atomic E-state index is 12.8. The summed E-state index contributed by atoms with van der Waals surface area (Å²) < 4.78 is 0. The number of aliphatic carboxylic acids is 1. The van der Waals surface area contributed by atoms with Crippen molar-refractivity contribution in [3.8, 4) is 0 Å². The molecule has 0 bridgehead atoms. The number of aromatic amines is 1. The van der Waals surface area contributed by atoms with E-state index in [2.05, 4.69) is 30.9 Å². The van der Waals surface area contributed by atoms with E-state index in [1.54, 1.807) is 11.6 Å². The Morgan fingerprint density at radius 3 is 2.88 bits per heavy atom. The van der Waals surface area contributed by atoms with E-state index in [0.717, 1.165) is 11.3 Å². The van der Waals surface area contributed by atoms with Gasteiger partial charge in [-0.15, -0.1) is 40.0 Å². The van der Waals surface area contributed by atoms with Crippen LogP contribution in [0.2, 0.25) is 0 Å². The number of rotatable bonds is 9. The first-order chi connectivity index (χ1) is 15.9. The molecular formula is C16H17N8NaO5S4. The number of carbonyl (C=O) groups is 3. The third-order valence-electron chi connectivity index (χ3n) is 4.42. The van der Waals surface area contributed by atoms with E-state index in [4.69, 9.17) is 10.6 Å². The van der Waals surface area contributed by atoms with Crippen LogP contribution in [0.1, 0.15) is 5.69 Å². The Bertz CT molecular complexity index is 1140. The zero-order chi connectivity index (χ0) is 23.5. The van der Waals surface area contributed by atoms with Crippen LogP contribution in [0.15, 0.2) is 32.4 Å². The van der Waals surface area contributed by atoms with Crippen LogP contribution >= 0.6 is 46.6 Å². The number of hydrogen-bond donors (Lipinski definition) is 4. The molecule has 0 radical (unpaired) electrons. The summed E-state index contributed by atoms with van der Waals surface area (Å²) in [6, 6.07) is -0.911. The molecule has 13 nitrogen and oxygen atoms in total.